The number of rotatable bonds is 6. The van der Waals surface area contributed by atoms with Gasteiger partial charge in [0.25, 0.3) is 0 Å². The molecule has 1 amide bonds. The van der Waals surface area contributed by atoms with E-state index in [2.05, 4.69) is 11.6 Å². The molecule has 0 bridgehead atoms. The second-order valence-corrected chi connectivity index (χ2v) is 8.50. The van der Waals surface area contributed by atoms with E-state index in [1.165, 1.54) is 18.2 Å². The maximum Gasteiger partial charge on any atom is 0.241 e. The van der Waals surface area contributed by atoms with E-state index in [9.17, 15) is 13.2 Å². The number of hydrogen-bond donors (Lipinski definition) is 1. The van der Waals surface area contributed by atoms with Crippen LogP contribution in [-0.4, -0.2) is 45.0 Å². The highest BCUT2D eigenvalue weighted by molar-refractivity contribution is 7.89. The Bertz CT molecular complexity index is 715. The lowest BCUT2D eigenvalue weighted by atomic mass is 9.99. The second-order valence-electron chi connectivity index (χ2n) is 6.38. The number of nitrogens with zero attached hydrogens (tertiary/aromatic N) is 1. The van der Waals surface area contributed by atoms with E-state index < -0.39 is 16.1 Å². The molecule has 0 unspecified atom stereocenters. The van der Waals surface area contributed by atoms with Gasteiger partial charge in [0.1, 0.15) is 5.75 Å². The van der Waals surface area contributed by atoms with Crippen LogP contribution in [0.4, 0.5) is 0 Å². The summed E-state index contributed by atoms with van der Waals surface area (Å²) in [5, 5.41) is 0.216. The number of benzene rings is 1. The monoisotopic (exact) mass is 388 g/mol. The number of piperidine rings is 1. The summed E-state index contributed by atoms with van der Waals surface area (Å²) in [4.78, 5) is 14.2. The molecule has 2 rings (SSSR count). The standard InChI is InChI=1S/C17H25ClN2O4S/c1-4-24-16-6-5-14(11-15(16)18)25(22,23)19-13(3)17(21)20-9-7-12(2)8-10-20/h5-6,11-13,19H,4,7-10H2,1-3H3/t13-/m0/s1. The number of halogens is 1. The fourth-order valence-electron chi connectivity index (χ4n) is 2.78. The molecule has 1 aliphatic rings. The Morgan fingerprint density at radius 3 is 2.60 bits per heavy atom. The normalized spacial score (nSPS) is 17.4. The van der Waals surface area contributed by atoms with Gasteiger partial charge < -0.3 is 9.64 Å². The molecule has 6 nitrogen and oxygen atoms in total. The van der Waals surface area contributed by atoms with Gasteiger partial charge in [0.2, 0.25) is 15.9 Å². The summed E-state index contributed by atoms with van der Waals surface area (Å²) >= 11 is 6.06. The zero-order chi connectivity index (χ0) is 18.6. The number of nitrogens with one attached hydrogen (secondary N) is 1. The van der Waals surface area contributed by atoms with Crippen LogP contribution in [-0.2, 0) is 14.8 Å². The predicted octanol–water partition coefficient (Wildman–Crippen LogP) is 2.66. The first kappa shape index (κ1) is 20.0. The van der Waals surface area contributed by atoms with Gasteiger partial charge in [0.05, 0.1) is 22.6 Å². The van der Waals surface area contributed by atoms with Crippen molar-refractivity contribution >= 4 is 27.5 Å². The fraction of sp³-hybridized carbons (Fsp3) is 0.588. The third-order valence-electron chi connectivity index (χ3n) is 4.31. The Morgan fingerprint density at radius 1 is 1.40 bits per heavy atom. The van der Waals surface area contributed by atoms with E-state index in [1.807, 2.05) is 6.92 Å². The average molecular weight is 389 g/mol. The molecule has 1 atom stereocenters. The molecular weight excluding hydrogens is 364 g/mol. The van der Waals surface area contributed by atoms with Crippen LogP contribution >= 0.6 is 11.6 Å². The average Bonchev–Trinajstić information content (AvgIpc) is 2.56. The molecule has 0 saturated carbocycles. The number of hydrogen-bond acceptors (Lipinski definition) is 4. The van der Waals surface area contributed by atoms with Crippen LogP contribution in [0.2, 0.25) is 5.02 Å². The fourth-order valence-corrected chi connectivity index (χ4v) is 4.30. The smallest absolute Gasteiger partial charge is 0.241 e. The quantitative estimate of drug-likeness (QED) is 0.812. The molecule has 1 saturated heterocycles. The third-order valence-corrected chi connectivity index (χ3v) is 6.14. The summed E-state index contributed by atoms with van der Waals surface area (Å²) in [6, 6.07) is 3.43. The molecule has 0 radical (unpaired) electrons. The molecule has 140 valence electrons. The van der Waals surface area contributed by atoms with Crippen molar-refractivity contribution in [2.24, 2.45) is 5.92 Å². The number of sulfonamides is 1. The van der Waals surface area contributed by atoms with Gasteiger partial charge in [-0.3, -0.25) is 4.79 Å². The van der Waals surface area contributed by atoms with Gasteiger partial charge >= 0.3 is 0 Å². The number of carbonyl (C=O) groups is 1. The van der Waals surface area contributed by atoms with Crippen LogP contribution in [0, 0.1) is 5.92 Å². The molecule has 1 N–H and O–H groups in total. The number of amides is 1. The summed E-state index contributed by atoms with van der Waals surface area (Å²) in [6.07, 6.45) is 1.89. The second kappa shape index (κ2) is 8.38. The Morgan fingerprint density at radius 2 is 2.04 bits per heavy atom. The highest BCUT2D eigenvalue weighted by Crippen LogP contribution is 2.27. The number of likely N-dealkylation sites (tertiary alicyclic amines) is 1. The first-order chi connectivity index (χ1) is 11.7. The Balaban J connectivity index is 2.07. The van der Waals surface area contributed by atoms with Gasteiger partial charge in [0.15, 0.2) is 0 Å². The molecule has 0 aliphatic carbocycles. The molecule has 0 aromatic heterocycles. The van der Waals surface area contributed by atoms with E-state index >= 15 is 0 Å². The highest BCUT2D eigenvalue weighted by atomic mass is 35.5. The van der Waals surface area contributed by atoms with Crippen LogP contribution in [0.5, 0.6) is 5.75 Å². The van der Waals surface area contributed by atoms with Crippen LogP contribution < -0.4 is 9.46 Å². The van der Waals surface area contributed by atoms with Gasteiger partial charge in [-0.1, -0.05) is 18.5 Å². The molecule has 1 fully saturated rings. The van der Waals surface area contributed by atoms with E-state index in [0.717, 1.165) is 12.8 Å². The molecular formula is C17H25ClN2O4S. The van der Waals surface area contributed by atoms with E-state index in [0.29, 0.717) is 31.4 Å². The minimum absolute atomic E-state index is 0.00729. The summed E-state index contributed by atoms with van der Waals surface area (Å²) in [6.45, 7) is 7.31. The summed E-state index contributed by atoms with van der Waals surface area (Å²) < 4.78 is 32.8. The minimum atomic E-state index is -3.85. The highest BCUT2D eigenvalue weighted by Gasteiger charge is 2.28. The van der Waals surface area contributed by atoms with Gasteiger partial charge in [-0.25, -0.2) is 8.42 Å². The maximum atomic E-state index is 12.5. The van der Waals surface area contributed by atoms with Crippen molar-refractivity contribution in [1.82, 2.24) is 9.62 Å². The van der Waals surface area contributed by atoms with E-state index in [1.54, 1.807) is 11.8 Å². The van der Waals surface area contributed by atoms with E-state index in [4.69, 9.17) is 16.3 Å². The maximum absolute atomic E-state index is 12.5. The van der Waals surface area contributed by atoms with Crippen molar-refractivity contribution in [3.63, 3.8) is 0 Å². The zero-order valence-corrected chi connectivity index (χ0v) is 16.4. The SMILES string of the molecule is CCOc1ccc(S(=O)(=O)N[C@@H](C)C(=O)N2CCC(C)CC2)cc1Cl. The van der Waals surface area contributed by atoms with Crippen LogP contribution in [0.3, 0.4) is 0 Å². The van der Waals surface area contributed by atoms with Crippen molar-refractivity contribution < 1.29 is 17.9 Å². The van der Waals surface area contributed by atoms with Crippen molar-refractivity contribution in [3.8, 4) is 5.75 Å². The molecule has 1 heterocycles. The molecule has 25 heavy (non-hydrogen) atoms. The van der Waals surface area contributed by atoms with E-state index in [-0.39, 0.29) is 15.8 Å². The first-order valence-corrected chi connectivity index (χ1v) is 10.3. The van der Waals surface area contributed by atoms with Gasteiger partial charge in [-0.15, -0.1) is 0 Å². The molecule has 0 spiro atoms. The van der Waals surface area contributed by atoms with Crippen molar-refractivity contribution in [2.45, 2.75) is 44.6 Å². The lowest BCUT2D eigenvalue weighted by Crippen LogP contribution is -2.49. The minimum Gasteiger partial charge on any atom is -0.492 e. The first-order valence-electron chi connectivity index (χ1n) is 8.48. The number of ether oxygens (including phenoxy) is 1. The molecule has 1 aliphatic heterocycles. The van der Waals surface area contributed by atoms with Crippen LogP contribution in [0.25, 0.3) is 0 Å². The lowest BCUT2D eigenvalue weighted by Gasteiger charge is -2.32. The lowest BCUT2D eigenvalue weighted by molar-refractivity contribution is -0.133. The third kappa shape index (κ3) is 5.09. The van der Waals surface area contributed by atoms with Gasteiger partial charge in [0, 0.05) is 13.1 Å². The van der Waals surface area contributed by atoms with Gasteiger partial charge in [-0.05, 0) is 50.8 Å². The largest absolute Gasteiger partial charge is 0.492 e. The summed E-state index contributed by atoms with van der Waals surface area (Å²) in [7, 11) is -3.85. The zero-order valence-electron chi connectivity index (χ0n) is 14.8. The Hall–Kier alpha value is -1.31. The molecule has 1 aromatic rings. The van der Waals surface area contributed by atoms with Crippen LogP contribution in [0.1, 0.15) is 33.6 Å². The summed E-state index contributed by atoms with van der Waals surface area (Å²) in [5.74, 6) is 0.823. The molecule has 8 heteroatoms. The Kier molecular flexibility index (Phi) is 6.71. The van der Waals surface area contributed by atoms with Crippen LogP contribution in [0.15, 0.2) is 23.1 Å². The van der Waals surface area contributed by atoms with Crippen molar-refractivity contribution in [2.75, 3.05) is 19.7 Å². The predicted molar refractivity (Wildman–Crippen MR) is 97.4 cm³/mol. The number of carbonyl (C=O) groups excluding carboxylic acids is 1. The van der Waals surface area contributed by atoms with Gasteiger partial charge in [-0.2, -0.15) is 4.72 Å². The molecule has 1 aromatic carbocycles. The van der Waals surface area contributed by atoms with Crippen molar-refractivity contribution in [3.05, 3.63) is 23.2 Å². The van der Waals surface area contributed by atoms with Crippen molar-refractivity contribution in [1.29, 1.82) is 0 Å². The topological polar surface area (TPSA) is 75.7 Å². The summed E-state index contributed by atoms with van der Waals surface area (Å²) in [5.41, 5.74) is 0. The Labute approximate surface area is 154 Å².